The Morgan fingerprint density at radius 2 is 1.89 bits per heavy atom. The molecule has 1 aromatic rings. The van der Waals surface area contributed by atoms with Crippen molar-refractivity contribution >= 4 is 0 Å². The summed E-state index contributed by atoms with van der Waals surface area (Å²) in [7, 11) is 3.53. The van der Waals surface area contributed by atoms with Crippen molar-refractivity contribution in [3.05, 3.63) is 29.8 Å². The summed E-state index contributed by atoms with van der Waals surface area (Å²) in [6.45, 7) is 2.52. The van der Waals surface area contributed by atoms with Gasteiger partial charge in [0.05, 0.1) is 25.9 Å². The highest BCUT2D eigenvalue weighted by Gasteiger charge is 2.18. The summed E-state index contributed by atoms with van der Waals surface area (Å²) in [4.78, 5) is 1.97. The van der Waals surface area contributed by atoms with Crippen LogP contribution in [-0.4, -0.2) is 48.5 Å². The Morgan fingerprint density at radius 3 is 2.33 bits per heavy atom. The molecule has 0 bridgehead atoms. The minimum absolute atomic E-state index is 0.0270. The highest BCUT2D eigenvalue weighted by Crippen LogP contribution is 2.22. The van der Waals surface area contributed by atoms with E-state index in [1.807, 2.05) is 43.1 Å². The Bertz CT molecular complexity index is 339. The zero-order chi connectivity index (χ0) is 13.5. The molecule has 0 fully saturated rings. The number of nitrogens with zero attached hydrogens (tertiary/aromatic N) is 1. The van der Waals surface area contributed by atoms with Gasteiger partial charge in [-0.15, -0.1) is 0 Å². The summed E-state index contributed by atoms with van der Waals surface area (Å²) < 4.78 is 5.11. The van der Waals surface area contributed by atoms with Crippen molar-refractivity contribution in [3.63, 3.8) is 0 Å². The molecule has 18 heavy (non-hydrogen) atoms. The summed E-state index contributed by atoms with van der Waals surface area (Å²) in [5.74, 6) is 0.798. The van der Waals surface area contributed by atoms with E-state index in [2.05, 4.69) is 0 Å². The Hall–Kier alpha value is -1.10. The summed E-state index contributed by atoms with van der Waals surface area (Å²) in [5, 5.41) is 19.2. The number of aliphatic hydroxyl groups is 2. The fourth-order valence-electron chi connectivity index (χ4n) is 1.91. The highest BCUT2D eigenvalue weighted by molar-refractivity contribution is 5.29. The number of aliphatic hydroxyl groups excluding tert-OH is 2. The Kier molecular flexibility index (Phi) is 6.12. The van der Waals surface area contributed by atoms with Crippen LogP contribution in [0.3, 0.4) is 0 Å². The summed E-state index contributed by atoms with van der Waals surface area (Å²) in [6, 6.07) is 7.53. The number of ether oxygens (including phenoxy) is 1. The standard InChI is InChI=1S/C14H23NO3/c1-4-12(17)9-15(2)14(10-16)11-5-7-13(18-3)8-6-11/h5-8,12,14,16-17H,4,9-10H2,1-3H3. The van der Waals surface area contributed by atoms with Crippen molar-refractivity contribution in [2.45, 2.75) is 25.5 Å². The van der Waals surface area contributed by atoms with Crippen molar-refractivity contribution in [3.8, 4) is 5.75 Å². The summed E-state index contributed by atoms with van der Waals surface area (Å²) >= 11 is 0. The largest absolute Gasteiger partial charge is 0.497 e. The van der Waals surface area contributed by atoms with Crippen molar-refractivity contribution in [1.82, 2.24) is 4.90 Å². The van der Waals surface area contributed by atoms with Crippen LogP contribution in [0, 0.1) is 0 Å². The van der Waals surface area contributed by atoms with Gasteiger partial charge in [-0.2, -0.15) is 0 Å². The fraction of sp³-hybridized carbons (Fsp3) is 0.571. The van der Waals surface area contributed by atoms with Crippen LogP contribution in [0.2, 0.25) is 0 Å². The lowest BCUT2D eigenvalue weighted by Crippen LogP contribution is -2.34. The van der Waals surface area contributed by atoms with E-state index < -0.39 is 0 Å². The van der Waals surface area contributed by atoms with E-state index in [0.717, 1.165) is 11.3 Å². The Morgan fingerprint density at radius 1 is 1.28 bits per heavy atom. The molecule has 4 nitrogen and oxygen atoms in total. The monoisotopic (exact) mass is 253 g/mol. The molecule has 0 saturated heterocycles. The van der Waals surface area contributed by atoms with Gasteiger partial charge < -0.3 is 14.9 Å². The third-order valence-electron chi connectivity index (χ3n) is 3.18. The van der Waals surface area contributed by atoms with E-state index in [9.17, 15) is 10.2 Å². The van der Waals surface area contributed by atoms with E-state index in [-0.39, 0.29) is 18.8 Å². The van der Waals surface area contributed by atoms with Crippen LogP contribution in [0.5, 0.6) is 5.75 Å². The lowest BCUT2D eigenvalue weighted by Gasteiger charge is -2.28. The predicted molar refractivity (Wildman–Crippen MR) is 71.7 cm³/mol. The van der Waals surface area contributed by atoms with Crippen LogP contribution in [0.4, 0.5) is 0 Å². The normalized spacial score (nSPS) is 14.6. The molecule has 0 aliphatic carbocycles. The molecule has 0 radical (unpaired) electrons. The van der Waals surface area contributed by atoms with E-state index in [4.69, 9.17) is 4.74 Å². The van der Waals surface area contributed by atoms with Crippen molar-refractivity contribution in [2.75, 3.05) is 27.3 Å². The van der Waals surface area contributed by atoms with Crippen LogP contribution in [0.25, 0.3) is 0 Å². The molecule has 2 unspecified atom stereocenters. The number of hydrogen-bond acceptors (Lipinski definition) is 4. The van der Waals surface area contributed by atoms with Crippen LogP contribution >= 0.6 is 0 Å². The van der Waals surface area contributed by atoms with E-state index in [1.165, 1.54) is 0 Å². The van der Waals surface area contributed by atoms with Gasteiger partial charge in [-0.25, -0.2) is 0 Å². The maximum atomic E-state index is 9.66. The van der Waals surface area contributed by atoms with Crippen molar-refractivity contribution < 1.29 is 14.9 Å². The molecule has 4 heteroatoms. The molecule has 102 valence electrons. The number of benzene rings is 1. The molecule has 2 N–H and O–H groups in total. The molecule has 0 aliphatic heterocycles. The smallest absolute Gasteiger partial charge is 0.118 e. The average molecular weight is 253 g/mol. The fourth-order valence-corrected chi connectivity index (χ4v) is 1.91. The SMILES string of the molecule is CCC(O)CN(C)C(CO)c1ccc(OC)cc1. The molecule has 1 rings (SSSR count). The third-order valence-corrected chi connectivity index (χ3v) is 3.18. The molecular weight excluding hydrogens is 230 g/mol. The molecule has 2 atom stereocenters. The van der Waals surface area contributed by atoms with E-state index in [0.29, 0.717) is 13.0 Å². The Labute approximate surface area is 109 Å². The number of likely N-dealkylation sites (N-methyl/N-ethyl adjacent to an activating group) is 1. The van der Waals surface area contributed by atoms with Crippen LogP contribution in [-0.2, 0) is 0 Å². The second-order valence-electron chi connectivity index (χ2n) is 4.47. The van der Waals surface area contributed by atoms with Gasteiger partial charge in [-0.1, -0.05) is 19.1 Å². The minimum atomic E-state index is -0.359. The molecule has 0 spiro atoms. The van der Waals surface area contributed by atoms with Gasteiger partial charge in [0.25, 0.3) is 0 Å². The first kappa shape index (κ1) is 15.0. The van der Waals surface area contributed by atoms with Crippen molar-refractivity contribution in [2.24, 2.45) is 0 Å². The number of methoxy groups -OCH3 is 1. The third kappa shape index (κ3) is 3.98. The topological polar surface area (TPSA) is 52.9 Å². The lowest BCUT2D eigenvalue weighted by molar-refractivity contribution is 0.0777. The summed E-state index contributed by atoms with van der Waals surface area (Å²) in [6.07, 6.45) is 0.354. The van der Waals surface area contributed by atoms with Crippen LogP contribution in [0.15, 0.2) is 24.3 Å². The quantitative estimate of drug-likeness (QED) is 0.772. The van der Waals surface area contributed by atoms with Gasteiger partial charge in [-0.3, -0.25) is 4.90 Å². The minimum Gasteiger partial charge on any atom is -0.497 e. The number of hydrogen-bond donors (Lipinski definition) is 2. The van der Waals surface area contributed by atoms with Crippen molar-refractivity contribution in [1.29, 1.82) is 0 Å². The Balaban J connectivity index is 2.74. The van der Waals surface area contributed by atoms with Gasteiger partial charge in [0, 0.05) is 6.54 Å². The zero-order valence-corrected chi connectivity index (χ0v) is 11.3. The predicted octanol–water partition coefficient (Wildman–Crippen LogP) is 1.43. The first-order chi connectivity index (χ1) is 8.62. The van der Waals surface area contributed by atoms with Gasteiger partial charge in [-0.05, 0) is 31.2 Å². The second-order valence-corrected chi connectivity index (χ2v) is 4.47. The first-order valence-corrected chi connectivity index (χ1v) is 6.25. The summed E-state index contributed by atoms with van der Waals surface area (Å²) in [5.41, 5.74) is 1.02. The first-order valence-electron chi connectivity index (χ1n) is 6.25. The lowest BCUT2D eigenvalue weighted by atomic mass is 10.1. The molecule has 0 saturated carbocycles. The molecule has 0 heterocycles. The van der Waals surface area contributed by atoms with Gasteiger partial charge in [0.1, 0.15) is 5.75 Å². The maximum Gasteiger partial charge on any atom is 0.118 e. The highest BCUT2D eigenvalue weighted by atomic mass is 16.5. The number of rotatable bonds is 7. The molecular formula is C14H23NO3. The molecule has 0 aromatic heterocycles. The molecule has 0 aliphatic rings. The van der Waals surface area contributed by atoms with E-state index in [1.54, 1.807) is 7.11 Å². The average Bonchev–Trinajstić information content (AvgIpc) is 2.40. The maximum absolute atomic E-state index is 9.66. The molecule has 0 amide bonds. The van der Waals surface area contributed by atoms with E-state index >= 15 is 0 Å². The van der Waals surface area contributed by atoms with Crippen LogP contribution < -0.4 is 4.74 Å². The van der Waals surface area contributed by atoms with Gasteiger partial charge in [0.2, 0.25) is 0 Å². The molecule has 1 aromatic carbocycles. The van der Waals surface area contributed by atoms with Gasteiger partial charge in [0.15, 0.2) is 0 Å². The second kappa shape index (κ2) is 7.36. The van der Waals surface area contributed by atoms with Gasteiger partial charge >= 0.3 is 0 Å². The zero-order valence-electron chi connectivity index (χ0n) is 11.3. The van der Waals surface area contributed by atoms with Crippen LogP contribution in [0.1, 0.15) is 24.9 Å².